The van der Waals surface area contributed by atoms with Gasteiger partial charge in [0.1, 0.15) is 0 Å². The molecule has 1 saturated heterocycles. The van der Waals surface area contributed by atoms with E-state index in [9.17, 15) is 8.42 Å². The van der Waals surface area contributed by atoms with Gasteiger partial charge in [-0.2, -0.15) is 0 Å². The number of primary sulfonamides is 1. The third-order valence-electron chi connectivity index (χ3n) is 6.29. The Morgan fingerprint density at radius 1 is 0.929 bits per heavy atom. The zero-order valence-electron chi connectivity index (χ0n) is 16.2. The molecule has 1 heterocycles. The maximum Gasteiger partial charge on any atom is 0.238 e. The van der Waals surface area contributed by atoms with Crippen LogP contribution in [0.3, 0.4) is 0 Å². The van der Waals surface area contributed by atoms with E-state index in [0.717, 1.165) is 31.6 Å². The summed E-state index contributed by atoms with van der Waals surface area (Å²) < 4.78 is 22.9. The smallest absolute Gasteiger partial charge is 0.238 e. The van der Waals surface area contributed by atoms with Gasteiger partial charge < -0.3 is 10.2 Å². The fourth-order valence-corrected chi connectivity index (χ4v) is 5.29. The van der Waals surface area contributed by atoms with Gasteiger partial charge in [-0.15, -0.1) is 0 Å². The normalized spacial score (nSPS) is 20.4. The van der Waals surface area contributed by atoms with E-state index in [1.807, 2.05) is 12.1 Å². The number of rotatable bonds is 5. The van der Waals surface area contributed by atoms with Gasteiger partial charge in [-0.25, -0.2) is 13.6 Å². The molecular weight excluding hydrogens is 370 g/mol. The van der Waals surface area contributed by atoms with Gasteiger partial charge in [0, 0.05) is 30.4 Å². The second-order valence-electron chi connectivity index (χ2n) is 8.10. The minimum absolute atomic E-state index is 0.130. The SMILES string of the molecule is NS(=O)(=O)c1ccc(N2CCC(NC3(c4ccccc4)CCCC3)CC2)cc1. The number of hydrogen-bond donors (Lipinski definition) is 2. The minimum Gasteiger partial charge on any atom is -0.371 e. The Bertz CT molecular complexity index is 883. The number of sulfonamides is 1. The molecule has 150 valence electrons. The Balaban J connectivity index is 1.40. The number of piperidine rings is 1. The fourth-order valence-electron chi connectivity index (χ4n) is 4.77. The molecule has 6 heteroatoms. The van der Waals surface area contributed by atoms with Crippen LogP contribution in [-0.4, -0.2) is 27.5 Å². The highest BCUT2D eigenvalue weighted by atomic mass is 32.2. The molecular formula is C22H29N3O2S. The van der Waals surface area contributed by atoms with E-state index in [0.29, 0.717) is 6.04 Å². The molecule has 1 aliphatic carbocycles. The second-order valence-corrected chi connectivity index (χ2v) is 9.66. The number of benzene rings is 2. The van der Waals surface area contributed by atoms with Crippen molar-refractivity contribution in [3.63, 3.8) is 0 Å². The van der Waals surface area contributed by atoms with Crippen LogP contribution in [0.2, 0.25) is 0 Å². The average Bonchev–Trinajstić information content (AvgIpc) is 3.18. The predicted molar refractivity (Wildman–Crippen MR) is 113 cm³/mol. The Kier molecular flexibility index (Phi) is 5.45. The summed E-state index contributed by atoms with van der Waals surface area (Å²) in [6.45, 7) is 1.94. The molecule has 2 fully saturated rings. The number of nitrogens with zero attached hydrogens (tertiary/aromatic N) is 1. The van der Waals surface area contributed by atoms with Crippen LogP contribution in [0.5, 0.6) is 0 Å². The lowest BCUT2D eigenvalue weighted by Crippen LogP contribution is -2.50. The summed E-state index contributed by atoms with van der Waals surface area (Å²) in [5.41, 5.74) is 2.61. The molecule has 4 rings (SSSR count). The van der Waals surface area contributed by atoms with Crippen molar-refractivity contribution >= 4 is 15.7 Å². The molecule has 0 unspecified atom stereocenters. The first kappa shape index (κ1) is 19.4. The topological polar surface area (TPSA) is 75.4 Å². The third-order valence-corrected chi connectivity index (χ3v) is 7.22. The first-order valence-corrected chi connectivity index (χ1v) is 11.7. The lowest BCUT2D eigenvalue weighted by molar-refractivity contribution is 0.266. The van der Waals surface area contributed by atoms with Gasteiger partial charge in [0.15, 0.2) is 0 Å². The quantitative estimate of drug-likeness (QED) is 0.808. The molecule has 2 aromatic carbocycles. The average molecular weight is 400 g/mol. The lowest BCUT2D eigenvalue weighted by atomic mass is 9.86. The van der Waals surface area contributed by atoms with Gasteiger partial charge in [-0.1, -0.05) is 43.2 Å². The number of nitrogens with one attached hydrogen (secondary N) is 1. The van der Waals surface area contributed by atoms with E-state index >= 15 is 0 Å². The third kappa shape index (κ3) is 4.09. The van der Waals surface area contributed by atoms with Crippen LogP contribution in [-0.2, 0) is 15.6 Å². The van der Waals surface area contributed by atoms with E-state index < -0.39 is 10.0 Å². The van der Waals surface area contributed by atoms with Crippen molar-refractivity contribution in [1.82, 2.24) is 5.32 Å². The molecule has 3 N–H and O–H groups in total. The summed E-state index contributed by atoms with van der Waals surface area (Å²) in [6, 6.07) is 18.3. The zero-order chi connectivity index (χ0) is 19.6. The van der Waals surface area contributed by atoms with Crippen LogP contribution in [0.1, 0.15) is 44.1 Å². The Morgan fingerprint density at radius 3 is 2.11 bits per heavy atom. The van der Waals surface area contributed by atoms with Crippen molar-refractivity contribution in [3.8, 4) is 0 Å². The molecule has 0 radical (unpaired) electrons. The predicted octanol–water partition coefficient (Wildman–Crippen LogP) is 3.36. The Labute approximate surface area is 168 Å². The standard InChI is InChI=1S/C22H29N3O2S/c23-28(26,27)21-10-8-20(9-11-21)25-16-12-19(13-17-25)24-22(14-4-5-15-22)18-6-2-1-3-7-18/h1-3,6-11,19,24H,4-5,12-17H2,(H2,23,26,27). The molecule has 0 bridgehead atoms. The molecule has 2 aliphatic rings. The summed E-state index contributed by atoms with van der Waals surface area (Å²) in [4.78, 5) is 2.49. The van der Waals surface area contributed by atoms with Crippen molar-refractivity contribution in [3.05, 3.63) is 60.2 Å². The maximum atomic E-state index is 11.4. The van der Waals surface area contributed by atoms with E-state index in [1.165, 1.54) is 31.2 Å². The lowest BCUT2D eigenvalue weighted by Gasteiger charge is -2.40. The molecule has 2 aromatic rings. The van der Waals surface area contributed by atoms with Crippen LogP contribution in [0.25, 0.3) is 0 Å². The molecule has 0 atom stereocenters. The van der Waals surface area contributed by atoms with Gasteiger partial charge in [0.2, 0.25) is 10.0 Å². The Morgan fingerprint density at radius 2 is 1.54 bits per heavy atom. The van der Waals surface area contributed by atoms with Gasteiger partial charge in [-0.3, -0.25) is 0 Å². The van der Waals surface area contributed by atoms with Crippen molar-refractivity contribution < 1.29 is 8.42 Å². The fraction of sp³-hybridized carbons (Fsp3) is 0.455. The summed E-state index contributed by atoms with van der Waals surface area (Å²) in [6.07, 6.45) is 7.18. The highest BCUT2D eigenvalue weighted by Crippen LogP contribution is 2.39. The monoisotopic (exact) mass is 399 g/mol. The molecule has 0 spiro atoms. The number of hydrogen-bond acceptors (Lipinski definition) is 4. The summed E-state index contributed by atoms with van der Waals surface area (Å²) in [7, 11) is -3.63. The highest BCUT2D eigenvalue weighted by Gasteiger charge is 2.37. The largest absolute Gasteiger partial charge is 0.371 e. The summed E-state index contributed by atoms with van der Waals surface area (Å²) in [5.74, 6) is 0. The second kappa shape index (κ2) is 7.85. The van der Waals surface area contributed by atoms with Gasteiger partial charge in [0.05, 0.1) is 4.90 Å². The maximum absolute atomic E-state index is 11.4. The van der Waals surface area contributed by atoms with E-state index in [2.05, 4.69) is 40.5 Å². The summed E-state index contributed by atoms with van der Waals surface area (Å²) in [5, 5.41) is 9.22. The van der Waals surface area contributed by atoms with Gasteiger partial charge in [-0.05, 0) is 55.5 Å². The van der Waals surface area contributed by atoms with Crippen molar-refractivity contribution in [2.24, 2.45) is 5.14 Å². The molecule has 0 amide bonds. The van der Waals surface area contributed by atoms with Crippen LogP contribution < -0.4 is 15.4 Å². The van der Waals surface area contributed by atoms with Crippen LogP contribution in [0.15, 0.2) is 59.5 Å². The van der Waals surface area contributed by atoms with Crippen LogP contribution >= 0.6 is 0 Å². The van der Waals surface area contributed by atoms with E-state index in [4.69, 9.17) is 5.14 Å². The molecule has 1 saturated carbocycles. The minimum atomic E-state index is -3.63. The van der Waals surface area contributed by atoms with Crippen molar-refractivity contribution in [2.45, 2.75) is 55.0 Å². The molecule has 28 heavy (non-hydrogen) atoms. The van der Waals surface area contributed by atoms with Crippen molar-refractivity contribution in [2.75, 3.05) is 18.0 Å². The first-order chi connectivity index (χ1) is 13.5. The van der Waals surface area contributed by atoms with E-state index in [-0.39, 0.29) is 10.4 Å². The van der Waals surface area contributed by atoms with Gasteiger partial charge >= 0.3 is 0 Å². The van der Waals surface area contributed by atoms with E-state index in [1.54, 1.807) is 12.1 Å². The summed E-state index contributed by atoms with van der Waals surface area (Å²) >= 11 is 0. The van der Waals surface area contributed by atoms with Crippen molar-refractivity contribution in [1.29, 1.82) is 0 Å². The molecule has 5 nitrogen and oxygen atoms in total. The first-order valence-electron chi connectivity index (χ1n) is 10.2. The van der Waals surface area contributed by atoms with Gasteiger partial charge in [0.25, 0.3) is 0 Å². The zero-order valence-corrected chi connectivity index (χ0v) is 17.0. The molecule has 1 aliphatic heterocycles. The van der Waals surface area contributed by atoms with Crippen LogP contribution in [0.4, 0.5) is 5.69 Å². The molecule has 0 aromatic heterocycles. The number of nitrogens with two attached hydrogens (primary N) is 1. The number of anilines is 1. The Hall–Kier alpha value is -1.89. The van der Waals surface area contributed by atoms with Crippen LogP contribution in [0, 0.1) is 0 Å². The highest BCUT2D eigenvalue weighted by molar-refractivity contribution is 7.89.